The van der Waals surface area contributed by atoms with Crippen molar-refractivity contribution in [3.63, 3.8) is 0 Å². The number of hydrogen-bond acceptors (Lipinski definition) is 2. The molecule has 1 N–H and O–H groups in total. The quantitative estimate of drug-likeness (QED) is 0.711. The molecule has 2 heteroatoms. The van der Waals surface area contributed by atoms with E-state index in [-0.39, 0.29) is 0 Å². The molecule has 1 unspecified atom stereocenters. The van der Waals surface area contributed by atoms with Gasteiger partial charge in [0.05, 0.1) is 0 Å². The molecule has 0 amide bonds. The van der Waals surface area contributed by atoms with E-state index in [4.69, 9.17) is 0 Å². The second-order valence-corrected chi connectivity index (χ2v) is 4.76. The van der Waals surface area contributed by atoms with E-state index in [0.29, 0.717) is 5.41 Å². The van der Waals surface area contributed by atoms with Crippen LogP contribution in [0.25, 0.3) is 0 Å². The molecule has 1 atom stereocenters. The van der Waals surface area contributed by atoms with Gasteiger partial charge in [0, 0.05) is 13.1 Å². The van der Waals surface area contributed by atoms with E-state index in [1.165, 1.54) is 58.4 Å². The minimum atomic E-state index is 0.615. The summed E-state index contributed by atoms with van der Waals surface area (Å²) in [6.45, 7) is 8.88. The van der Waals surface area contributed by atoms with Gasteiger partial charge in [-0.3, -0.25) is 0 Å². The van der Waals surface area contributed by atoms with E-state index in [1.807, 2.05) is 0 Å². The highest BCUT2D eigenvalue weighted by Gasteiger charge is 2.34. The van der Waals surface area contributed by atoms with Gasteiger partial charge in [0.15, 0.2) is 0 Å². The van der Waals surface area contributed by atoms with Crippen molar-refractivity contribution in [3.05, 3.63) is 0 Å². The van der Waals surface area contributed by atoms with E-state index in [1.54, 1.807) is 0 Å². The fourth-order valence-electron chi connectivity index (χ4n) is 2.76. The van der Waals surface area contributed by atoms with Crippen molar-refractivity contribution in [2.75, 3.05) is 32.7 Å². The highest BCUT2D eigenvalue weighted by Crippen LogP contribution is 2.31. The molecule has 2 aliphatic rings. The minimum absolute atomic E-state index is 0.615. The van der Waals surface area contributed by atoms with E-state index in [0.717, 1.165) is 0 Å². The predicted molar refractivity (Wildman–Crippen MR) is 55.9 cm³/mol. The molecular formula is C11H22N2. The van der Waals surface area contributed by atoms with Crippen molar-refractivity contribution in [2.45, 2.75) is 32.6 Å². The average Bonchev–Trinajstić information content (AvgIpc) is 2.77. The summed E-state index contributed by atoms with van der Waals surface area (Å²) in [5.41, 5.74) is 0.615. The van der Waals surface area contributed by atoms with E-state index >= 15 is 0 Å². The maximum absolute atomic E-state index is 3.51. The van der Waals surface area contributed by atoms with Crippen molar-refractivity contribution in [3.8, 4) is 0 Å². The second kappa shape index (κ2) is 3.97. The Morgan fingerprint density at radius 3 is 2.62 bits per heavy atom. The van der Waals surface area contributed by atoms with Gasteiger partial charge in [-0.1, -0.05) is 6.92 Å². The standard InChI is InChI=1S/C11H22N2/c1-2-11(5-6-12-9-11)10-13-7-3-4-8-13/h12H,2-10H2,1H3. The zero-order valence-electron chi connectivity index (χ0n) is 8.81. The van der Waals surface area contributed by atoms with Crippen molar-refractivity contribution in [1.82, 2.24) is 10.2 Å². The van der Waals surface area contributed by atoms with Crippen LogP contribution in [0.1, 0.15) is 32.6 Å². The highest BCUT2D eigenvalue weighted by molar-refractivity contribution is 4.90. The molecule has 2 aliphatic heterocycles. The maximum Gasteiger partial charge on any atom is 0.00505 e. The number of likely N-dealkylation sites (tertiary alicyclic amines) is 1. The normalized spacial score (nSPS) is 35.8. The Kier molecular flexibility index (Phi) is 2.89. The molecule has 0 aromatic carbocycles. The molecule has 76 valence electrons. The van der Waals surface area contributed by atoms with Gasteiger partial charge in [0.25, 0.3) is 0 Å². The SMILES string of the molecule is CCC1(CN2CCCC2)CCNC1. The fraction of sp³-hybridized carbons (Fsp3) is 1.00. The van der Waals surface area contributed by atoms with Crippen LogP contribution in [0.2, 0.25) is 0 Å². The van der Waals surface area contributed by atoms with Crippen molar-refractivity contribution in [1.29, 1.82) is 0 Å². The first-order valence-corrected chi connectivity index (χ1v) is 5.78. The van der Waals surface area contributed by atoms with Crippen molar-refractivity contribution < 1.29 is 0 Å². The summed E-state index contributed by atoms with van der Waals surface area (Å²) in [5.74, 6) is 0. The molecule has 2 heterocycles. The molecule has 13 heavy (non-hydrogen) atoms. The molecule has 2 saturated heterocycles. The maximum atomic E-state index is 3.51. The van der Waals surface area contributed by atoms with Crippen LogP contribution < -0.4 is 5.32 Å². The van der Waals surface area contributed by atoms with Crippen molar-refractivity contribution >= 4 is 0 Å². The number of rotatable bonds is 3. The summed E-state index contributed by atoms with van der Waals surface area (Å²) in [6.07, 6.45) is 5.58. The first kappa shape index (κ1) is 9.47. The molecule has 0 saturated carbocycles. The Balaban J connectivity index is 1.88. The van der Waals surface area contributed by atoms with Gasteiger partial charge in [-0.15, -0.1) is 0 Å². The smallest absolute Gasteiger partial charge is 0.00505 e. The molecule has 0 spiro atoms. The van der Waals surface area contributed by atoms with Crippen LogP contribution in [0.4, 0.5) is 0 Å². The van der Waals surface area contributed by atoms with Crippen LogP contribution in [0.5, 0.6) is 0 Å². The van der Waals surface area contributed by atoms with E-state index in [9.17, 15) is 0 Å². The lowest BCUT2D eigenvalue weighted by molar-refractivity contribution is 0.184. The Labute approximate surface area is 81.7 Å². The highest BCUT2D eigenvalue weighted by atomic mass is 15.2. The topological polar surface area (TPSA) is 15.3 Å². The monoisotopic (exact) mass is 182 g/mol. The summed E-state index contributed by atoms with van der Waals surface area (Å²) >= 11 is 0. The summed E-state index contributed by atoms with van der Waals surface area (Å²) in [7, 11) is 0. The molecule has 2 rings (SSSR count). The molecule has 0 bridgehead atoms. The first-order valence-electron chi connectivity index (χ1n) is 5.78. The summed E-state index contributed by atoms with van der Waals surface area (Å²) in [5, 5.41) is 3.51. The van der Waals surface area contributed by atoms with Crippen molar-refractivity contribution in [2.24, 2.45) is 5.41 Å². The first-order chi connectivity index (χ1) is 6.35. The van der Waals surface area contributed by atoms with E-state index < -0.39 is 0 Å². The Hall–Kier alpha value is -0.0800. The summed E-state index contributed by atoms with van der Waals surface area (Å²) in [6, 6.07) is 0. The molecule has 2 nitrogen and oxygen atoms in total. The zero-order chi connectivity index (χ0) is 9.15. The van der Waals surface area contributed by atoms with Gasteiger partial charge in [-0.2, -0.15) is 0 Å². The molecule has 0 aromatic heterocycles. The van der Waals surface area contributed by atoms with Gasteiger partial charge in [0.2, 0.25) is 0 Å². The zero-order valence-corrected chi connectivity index (χ0v) is 8.81. The van der Waals surface area contributed by atoms with Crippen LogP contribution in [-0.4, -0.2) is 37.6 Å². The number of nitrogens with zero attached hydrogens (tertiary/aromatic N) is 1. The second-order valence-electron chi connectivity index (χ2n) is 4.76. The minimum Gasteiger partial charge on any atom is -0.316 e. The van der Waals surface area contributed by atoms with Crippen LogP contribution in [0.15, 0.2) is 0 Å². The lowest BCUT2D eigenvalue weighted by Gasteiger charge is -2.31. The lowest BCUT2D eigenvalue weighted by atomic mass is 9.84. The third-order valence-electron chi connectivity index (χ3n) is 3.84. The Bertz CT molecular complexity index is 155. The molecule has 0 aromatic rings. The fourth-order valence-corrected chi connectivity index (χ4v) is 2.76. The molecular weight excluding hydrogens is 160 g/mol. The van der Waals surface area contributed by atoms with E-state index in [2.05, 4.69) is 17.1 Å². The average molecular weight is 182 g/mol. The van der Waals surface area contributed by atoms with Crippen LogP contribution in [-0.2, 0) is 0 Å². The van der Waals surface area contributed by atoms with Gasteiger partial charge in [-0.05, 0) is 50.7 Å². The van der Waals surface area contributed by atoms with Gasteiger partial charge in [0.1, 0.15) is 0 Å². The predicted octanol–water partition coefficient (Wildman–Crippen LogP) is 1.47. The largest absolute Gasteiger partial charge is 0.316 e. The summed E-state index contributed by atoms with van der Waals surface area (Å²) < 4.78 is 0. The molecule has 0 radical (unpaired) electrons. The third kappa shape index (κ3) is 2.05. The Morgan fingerprint density at radius 1 is 1.31 bits per heavy atom. The van der Waals surface area contributed by atoms with Gasteiger partial charge in [-0.25, -0.2) is 0 Å². The number of nitrogens with one attached hydrogen (secondary N) is 1. The van der Waals surface area contributed by atoms with Crippen LogP contribution in [0.3, 0.4) is 0 Å². The molecule has 2 fully saturated rings. The van der Waals surface area contributed by atoms with Gasteiger partial charge < -0.3 is 10.2 Å². The lowest BCUT2D eigenvalue weighted by Crippen LogP contribution is -2.37. The third-order valence-corrected chi connectivity index (χ3v) is 3.84. The van der Waals surface area contributed by atoms with Gasteiger partial charge >= 0.3 is 0 Å². The van der Waals surface area contributed by atoms with Crippen LogP contribution >= 0.6 is 0 Å². The Morgan fingerprint density at radius 2 is 2.08 bits per heavy atom. The number of hydrogen-bond donors (Lipinski definition) is 1. The summed E-state index contributed by atoms with van der Waals surface area (Å²) in [4.78, 5) is 2.66. The van der Waals surface area contributed by atoms with Crippen LogP contribution in [0, 0.1) is 5.41 Å². The molecule has 0 aliphatic carbocycles.